The molecule has 2 aromatic rings. The molecule has 0 atom stereocenters. The Morgan fingerprint density at radius 1 is 1.13 bits per heavy atom. The van der Waals surface area contributed by atoms with Gasteiger partial charge in [0.25, 0.3) is 0 Å². The highest BCUT2D eigenvalue weighted by molar-refractivity contribution is 6.36. The Morgan fingerprint density at radius 2 is 1.87 bits per heavy atom. The highest BCUT2D eigenvalue weighted by Crippen LogP contribution is 2.44. The maximum absolute atomic E-state index is 12.7. The van der Waals surface area contributed by atoms with Crippen molar-refractivity contribution in [2.75, 3.05) is 19.7 Å². The monoisotopic (exact) mass is 447 g/mol. The quantitative estimate of drug-likeness (QED) is 0.592. The highest BCUT2D eigenvalue weighted by Gasteiger charge is 2.44. The van der Waals surface area contributed by atoms with E-state index in [0.717, 1.165) is 5.75 Å². The minimum Gasteiger partial charge on any atom is -0.494 e. The number of carbonyl (C=O) groups is 2. The van der Waals surface area contributed by atoms with Gasteiger partial charge in [0, 0.05) is 37.4 Å². The van der Waals surface area contributed by atoms with E-state index in [-0.39, 0.29) is 18.1 Å². The number of fused-ring (bicyclic) bond motifs is 1. The lowest BCUT2D eigenvalue weighted by Gasteiger charge is -2.44. The number of ketones is 1. The molecule has 7 heteroatoms. The minimum atomic E-state index is -0.602. The van der Waals surface area contributed by atoms with Gasteiger partial charge in [-0.2, -0.15) is 0 Å². The molecule has 0 saturated carbocycles. The smallest absolute Gasteiger partial charge is 0.222 e. The van der Waals surface area contributed by atoms with E-state index in [1.807, 2.05) is 35.2 Å². The first-order chi connectivity index (χ1) is 14.5. The lowest BCUT2D eigenvalue weighted by atomic mass is 9.82. The molecule has 5 nitrogen and oxygen atoms in total. The molecule has 0 aliphatic carbocycles. The van der Waals surface area contributed by atoms with E-state index in [4.69, 9.17) is 32.7 Å². The molecule has 2 aromatic carbocycles. The van der Waals surface area contributed by atoms with Crippen molar-refractivity contribution in [3.05, 3.63) is 58.1 Å². The molecule has 30 heavy (non-hydrogen) atoms. The van der Waals surface area contributed by atoms with Gasteiger partial charge in [-0.05, 0) is 30.7 Å². The lowest BCUT2D eigenvalue weighted by Crippen LogP contribution is -2.52. The third-order valence-corrected chi connectivity index (χ3v) is 6.18. The predicted molar refractivity (Wildman–Crippen MR) is 116 cm³/mol. The van der Waals surface area contributed by atoms with Crippen LogP contribution in [0.15, 0.2) is 42.5 Å². The van der Waals surface area contributed by atoms with Crippen molar-refractivity contribution in [3.8, 4) is 11.5 Å². The number of piperidine rings is 1. The van der Waals surface area contributed by atoms with Gasteiger partial charge in [-0.3, -0.25) is 9.59 Å². The fourth-order valence-corrected chi connectivity index (χ4v) is 4.57. The van der Waals surface area contributed by atoms with Crippen LogP contribution < -0.4 is 9.47 Å². The summed E-state index contributed by atoms with van der Waals surface area (Å²) in [6.07, 6.45) is 2.58. The largest absolute Gasteiger partial charge is 0.494 e. The van der Waals surface area contributed by atoms with Crippen molar-refractivity contribution in [2.45, 2.75) is 37.7 Å². The predicted octanol–water partition coefficient (Wildman–Crippen LogP) is 5.18. The van der Waals surface area contributed by atoms with Crippen LogP contribution in [0.1, 0.15) is 42.5 Å². The van der Waals surface area contributed by atoms with E-state index in [1.54, 1.807) is 12.1 Å². The Morgan fingerprint density at radius 3 is 2.60 bits per heavy atom. The molecule has 2 aliphatic rings. The highest BCUT2D eigenvalue weighted by atomic mass is 35.5. The number of ether oxygens (including phenoxy) is 2. The van der Waals surface area contributed by atoms with E-state index in [9.17, 15) is 9.59 Å². The van der Waals surface area contributed by atoms with Crippen LogP contribution in [0.4, 0.5) is 0 Å². The number of Topliss-reactive ketones (excluding diaryl/α,β-unsaturated/α-hetero) is 1. The van der Waals surface area contributed by atoms with E-state index in [1.165, 1.54) is 0 Å². The number of nitrogens with zero attached hydrogens (tertiary/aromatic N) is 1. The average molecular weight is 448 g/mol. The molecule has 2 aliphatic heterocycles. The third-order valence-electron chi connectivity index (χ3n) is 5.68. The fraction of sp³-hybridized carbons (Fsp3) is 0.391. The van der Waals surface area contributed by atoms with Gasteiger partial charge in [0.2, 0.25) is 5.91 Å². The van der Waals surface area contributed by atoms with Crippen molar-refractivity contribution in [2.24, 2.45) is 0 Å². The summed E-state index contributed by atoms with van der Waals surface area (Å²) in [6, 6.07) is 12.8. The van der Waals surface area contributed by atoms with Gasteiger partial charge in [0.1, 0.15) is 17.1 Å². The summed E-state index contributed by atoms with van der Waals surface area (Å²) in [5.41, 5.74) is -0.163. The number of para-hydroxylation sites is 1. The summed E-state index contributed by atoms with van der Waals surface area (Å²) in [7, 11) is 0. The summed E-state index contributed by atoms with van der Waals surface area (Å²) < 4.78 is 11.9. The average Bonchev–Trinajstić information content (AvgIpc) is 2.73. The molecular formula is C23H23Cl2NO4. The SMILES string of the molecule is O=C1CC2(CCN(C(=O)CCCOc3ccccc3)CC2)Oc2c(Cl)cc(Cl)cc21. The molecule has 4 rings (SSSR count). The van der Waals surface area contributed by atoms with E-state index < -0.39 is 5.60 Å². The Balaban J connectivity index is 1.29. The molecular weight excluding hydrogens is 425 g/mol. The number of amides is 1. The standard InChI is InChI=1S/C23H23Cl2NO4/c24-16-13-18-20(27)15-23(30-22(18)19(25)14-16)8-10-26(11-9-23)21(28)7-4-12-29-17-5-2-1-3-6-17/h1-3,5-6,13-14H,4,7-12,15H2. The van der Waals surface area contributed by atoms with Crippen LogP contribution in [0.5, 0.6) is 11.5 Å². The maximum Gasteiger partial charge on any atom is 0.222 e. The molecule has 0 aromatic heterocycles. The first-order valence-corrected chi connectivity index (χ1v) is 10.9. The van der Waals surface area contributed by atoms with E-state index >= 15 is 0 Å². The lowest BCUT2D eigenvalue weighted by molar-refractivity contribution is -0.135. The van der Waals surface area contributed by atoms with Gasteiger partial charge < -0.3 is 14.4 Å². The number of carbonyl (C=O) groups excluding carboxylic acids is 2. The number of halogens is 2. The second kappa shape index (κ2) is 8.86. The van der Waals surface area contributed by atoms with E-state index in [2.05, 4.69) is 0 Å². The molecule has 158 valence electrons. The molecule has 0 radical (unpaired) electrons. The topological polar surface area (TPSA) is 55.8 Å². The summed E-state index contributed by atoms with van der Waals surface area (Å²) in [5, 5.41) is 0.769. The third kappa shape index (κ3) is 4.57. The molecule has 0 N–H and O–H groups in total. The van der Waals surface area contributed by atoms with Crippen LogP contribution in [0.2, 0.25) is 10.0 Å². The van der Waals surface area contributed by atoms with Crippen LogP contribution in [-0.2, 0) is 4.79 Å². The fourth-order valence-electron chi connectivity index (χ4n) is 4.04. The van der Waals surface area contributed by atoms with Crippen LogP contribution in [-0.4, -0.2) is 41.9 Å². The summed E-state index contributed by atoms with van der Waals surface area (Å²) >= 11 is 12.3. The molecule has 0 unspecified atom stereocenters. The number of likely N-dealkylation sites (tertiary alicyclic amines) is 1. The number of hydrogen-bond donors (Lipinski definition) is 0. The summed E-state index contributed by atoms with van der Waals surface area (Å²) in [6.45, 7) is 1.63. The zero-order chi connectivity index (χ0) is 21.1. The second-order valence-electron chi connectivity index (χ2n) is 7.80. The Hall–Kier alpha value is -2.24. The van der Waals surface area contributed by atoms with Crippen LogP contribution in [0.25, 0.3) is 0 Å². The van der Waals surface area contributed by atoms with Crippen molar-refractivity contribution >= 4 is 34.9 Å². The molecule has 1 spiro atoms. The normalized spacial score (nSPS) is 17.4. The zero-order valence-corrected chi connectivity index (χ0v) is 18.0. The molecule has 1 amide bonds. The first-order valence-electron chi connectivity index (χ1n) is 10.1. The molecule has 1 fully saturated rings. The minimum absolute atomic E-state index is 0.0153. The van der Waals surface area contributed by atoms with Gasteiger partial charge >= 0.3 is 0 Å². The van der Waals surface area contributed by atoms with Crippen molar-refractivity contribution in [1.29, 1.82) is 0 Å². The zero-order valence-electron chi connectivity index (χ0n) is 16.5. The van der Waals surface area contributed by atoms with Crippen molar-refractivity contribution in [3.63, 3.8) is 0 Å². The van der Waals surface area contributed by atoms with Gasteiger partial charge in [0.05, 0.1) is 23.6 Å². The van der Waals surface area contributed by atoms with Gasteiger partial charge in [-0.15, -0.1) is 0 Å². The van der Waals surface area contributed by atoms with Crippen molar-refractivity contribution < 1.29 is 19.1 Å². The maximum atomic E-state index is 12.7. The Bertz CT molecular complexity index is 940. The van der Waals surface area contributed by atoms with Gasteiger partial charge in [-0.25, -0.2) is 0 Å². The van der Waals surface area contributed by atoms with Crippen LogP contribution in [0.3, 0.4) is 0 Å². The summed E-state index contributed by atoms with van der Waals surface area (Å²) in [4.78, 5) is 27.1. The van der Waals surface area contributed by atoms with Crippen LogP contribution in [0, 0.1) is 0 Å². The Kier molecular flexibility index (Phi) is 6.21. The van der Waals surface area contributed by atoms with Crippen LogP contribution >= 0.6 is 23.2 Å². The summed E-state index contributed by atoms with van der Waals surface area (Å²) in [5.74, 6) is 1.31. The van der Waals surface area contributed by atoms with Crippen molar-refractivity contribution in [1.82, 2.24) is 4.90 Å². The second-order valence-corrected chi connectivity index (χ2v) is 8.64. The molecule has 1 saturated heterocycles. The number of benzene rings is 2. The number of hydrogen-bond acceptors (Lipinski definition) is 4. The van der Waals surface area contributed by atoms with E-state index in [0.29, 0.717) is 66.7 Å². The Labute approximate surface area is 185 Å². The van der Waals surface area contributed by atoms with Gasteiger partial charge in [-0.1, -0.05) is 41.4 Å². The molecule has 2 heterocycles. The molecule has 0 bridgehead atoms. The first kappa shape index (κ1) is 21.0. The van der Waals surface area contributed by atoms with Gasteiger partial charge in [0.15, 0.2) is 5.78 Å². The number of rotatable bonds is 5.